The third-order valence-corrected chi connectivity index (χ3v) is 3.37. The first-order chi connectivity index (χ1) is 9.88. The number of fused-ring (bicyclic) bond motifs is 1. The van der Waals surface area contributed by atoms with Crippen molar-refractivity contribution in [1.29, 1.82) is 0 Å². The van der Waals surface area contributed by atoms with Crippen molar-refractivity contribution in [2.75, 3.05) is 6.54 Å². The molecule has 3 heterocycles. The SMILES string of the molecule is CC(C)c1nc2ccc(C(F)(F)F)nc2n1C1=CCCN1. The number of pyridine rings is 1. The first-order valence-corrected chi connectivity index (χ1v) is 6.79. The van der Waals surface area contributed by atoms with Crippen LogP contribution in [0.5, 0.6) is 0 Å². The van der Waals surface area contributed by atoms with Crippen molar-refractivity contribution in [3.8, 4) is 0 Å². The summed E-state index contributed by atoms with van der Waals surface area (Å²) >= 11 is 0. The number of halogens is 3. The Morgan fingerprint density at radius 3 is 2.57 bits per heavy atom. The Balaban J connectivity index is 2.26. The summed E-state index contributed by atoms with van der Waals surface area (Å²) in [5.41, 5.74) is -0.180. The van der Waals surface area contributed by atoms with Crippen LogP contribution in [0.2, 0.25) is 0 Å². The largest absolute Gasteiger partial charge is 0.433 e. The fraction of sp³-hybridized carbons (Fsp3) is 0.429. The number of aromatic nitrogens is 3. The lowest BCUT2D eigenvalue weighted by Crippen LogP contribution is -2.16. The molecule has 0 aromatic carbocycles. The molecule has 0 saturated heterocycles. The molecule has 112 valence electrons. The Labute approximate surface area is 119 Å². The Morgan fingerprint density at radius 1 is 1.24 bits per heavy atom. The molecule has 0 saturated carbocycles. The van der Waals surface area contributed by atoms with Gasteiger partial charge in [0, 0.05) is 12.5 Å². The molecular weight excluding hydrogens is 281 g/mol. The summed E-state index contributed by atoms with van der Waals surface area (Å²) in [6.45, 7) is 4.68. The molecule has 0 aliphatic carbocycles. The molecule has 0 amide bonds. The highest BCUT2D eigenvalue weighted by atomic mass is 19.4. The number of hydrogen-bond donors (Lipinski definition) is 1. The van der Waals surface area contributed by atoms with Gasteiger partial charge in [0.25, 0.3) is 0 Å². The van der Waals surface area contributed by atoms with Gasteiger partial charge in [-0.2, -0.15) is 13.2 Å². The van der Waals surface area contributed by atoms with Gasteiger partial charge in [-0.25, -0.2) is 9.97 Å². The zero-order valence-electron chi connectivity index (χ0n) is 11.7. The van der Waals surface area contributed by atoms with Gasteiger partial charge in [-0.1, -0.05) is 13.8 Å². The summed E-state index contributed by atoms with van der Waals surface area (Å²) in [6, 6.07) is 2.35. The maximum absolute atomic E-state index is 12.9. The van der Waals surface area contributed by atoms with Crippen LogP contribution in [-0.2, 0) is 6.18 Å². The maximum atomic E-state index is 12.9. The van der Waals surface area contributed by atoms with Crippen LogP contribution in [0.4, 0.5) is 13.2 Å². The molecule has 7 heteroatoms. The number of nitrogens with zero attached hydrogens (tertiary/aromatic N) is 3. The lowest BCUT2D eigenvalue weighted by atomic mass is 10.2. The van der Waals surface area contributed by atoms with Crippen LogP contribution in [0, 0.1) is 0 Å². The average molecular weight is 296 g/mol. The minimum Gasteiger partial charge on any atom is -0.371 e. The summed E-state index contributed by atoms with van der Waals surface area (Å²) in [4.78, 5) is 8.22. The van der Waals surface area contributed by atoms with Crippen LogP contribution >= 0.6 is 0 Å². The fourth-order valence-corrected chi connectivity index (χ4v) is 2.41. The summed E-state index contributed by atoms with van der Waals surface area (Å²) < 4.78 is 40.3. The quantitative estimate of drug-likeness (QED) is 0.924. The molecule has 4 nitrogen and oxygen atoms in total. The van der Waals surface area contributed by atoms with E-state index in [1.807, 2.05) is 19.9 Å². The van der Waals surface area contributed by atoms with Gasteiger partial charge in [-0.05, 0) is 24.6 Å². The van der Waals surface area contributed by atoms with Crippen LogP contribution in [0.15, 0.2) is 18.2 Å². The molecule has 0 fully saturated rings. The van der Waals surface area contributed by atoms with Crippen molar-refractivity contribution in [2.45, 2.75) is 32.4 Å². The summed E-state index contributed by atoms with van der Waals surface area (Å²) in [7, 11) is 0. The minimum atomic E-state index is -4.46. The van der Waals surface area contributed by atoms with Gasteiger partial charge in [-0.3, -0.25) is 4.57 Å². The molecule has 3 rings (SSSR count). The van der Waals surface area contributed by atoms with E-state index in [4.69, 9.17) is 0 Å². The Hall–Kier alpha value is -2.05. The third-order valence-electron chi connectivity index (χ3n) is 3.37. The Kier molecular flexibility index (Phi) is 3.15. The third kappa shape index (κ3) is 2.36. The van der Waals surface area contributed by atoms with Crippen molar-refractivity contribution in [2.24, 2.45) is 0 Å². The first-order valence-electron chi connectivity index (χ1n) is 6.79. The highest BCUT2D eigenvalue weighted by Crippen LogP contribution is 2.31. The zero-order valence-corrected chi connectivity index (χ0v) is 11.7. The van der Waals surface area contributed by atoms with E-state index in [2.05, 4.69) is 15.3 Å². The van der Waals surface area contributed by atoms with Gasteiger partial charge >= 0.3 is 6.18 Å². The van der Waals surface area contributed by atoms with Crippen molar-refractivity contribution in [1.82, 2.24) is 19.9 Å². The second kappa shape index (κ2) is 4.75. The summed E-state index contributed by atoms with van der Waals surface area (Å²) in [5, 5.41) is 3.17. The lowest BCUT2D eigenvalue weighted by Gasteiger charge is -2.13. The van der Waals surface area contributed by atoms with E-state index < -0.39 is 11.9 Å². The van der Waals surface area contributed by atoms with E-state index in [1.165, 1.54) is 6.07 Å². The van der Waals surface area contributed by atoms with E-state index in [9.17, 15) is 13.2 Å². The van der Waals surface area contributed by atoms with Crippen LogP contribution in [-0.4, -0.2) is 21.1 Å². The van der Waals surface area contributed by atoms with Crippen LogP contribution in [0.1, 0.15) is 37.7 Å². The van der Waals surface area contributed by atoms with Gasteiger partial charge in [0.15, 0.2) is 5.65 Å². The smallest absolute Gasteiger partial charge is 0.371 e. The molecule has 0 spiro atoms. The number of nitrogens with one attached hydrogen (secondary N) is 1. The molecular formula is C14H15F3N4. The molecule has 0 unspecified atom stereocenters. The normalized spacial score (nSPS) is 15.6. The summed E-state index contributed by atoms with van der Waals surface area (Å²) in [5.74, 6) is 1.54. The van der Waals surface area contributed by atoms with Crippen molar-refractivity contribution in [3.05, 3.63) is 29.7 Å². The second-order valence-corrected chi connectivity index (χ2v) is 5.30. The number of alkyl halides is 3. The number of hydrogen-bond acceptors (Lipinski definition) is 3. The predicted molar refractivity (Wildman–Crippen MR) is 73.5 cm³/mol. The monoisotopic (exact) mass is 296 g/mol. The average Bonchev–Trinajstić information content (AvgIpc) is 3.03. The van der Waals surface area contributed by atoms with Crippen LogP contribution in [0.3, 0.4) is 0 Å². The van der Waals surface area contributed by atoms with Gasteiger partial charge in [0.05, 0.1) is 0 Å². The molecule has 1 aliphatic heterocycles. The van der Waals surface area contributed by atoms with Crippen LogP contribution < -0.4 is 5.32 Å². The van der Waals surface area contributed by atoms with Crippen molar-refractivity contribution in [3.63, 3.8) is 0 Å². The van der Waals surface area contributed by atoms with Crippen molar-refractivity contribution >= 4 is 17.0 Å². The van der Waals surface area contributed by atoms with Gasteiger partial charge in [0.2, 0.25) is 0 Å². The fourth-order valence-electron chi connectivity index (χ4n) is 2.41. The van der Waals surface area contributed by atoms with Crippen LogP contribution in [0.25, 0.3) is 17.0 Å². The molecule has 1 N–H and O–H groups in total. The number of rotatable bonds is 2. The molecule has 2 aromatic heterocycles. The Bertz CT molecular complexity index is 713. The van der Waals surface area contributed by atoms with E-state index in [0.29, 0.717) is 11.3 Å². The van der Waals surface area contributed by atoms with Gasteiger partial charge in [-0.15, -0.1) is 0 Å². The maximum Gasteiger partial charge on any atom is 0.433 e. The molecule has 0 atom stereocenters. The van der Waals surface area contributed by atoms with Gasteiger partial charge in [0.1, 0.15) is 22.9 Å². The standard InChI is InChI=1S/C14H15F3N4/c1-8(2)12-19-9-5-6-10(14(15,16)17)20-13(9)21(12)11-4-3-7-18-11/h4-6,8,18H,3,7H2,1-2H3. The van der Waals surface area contributed by atoms with E-state index >= 15 is 0 Å². The molecule has 2 aromatic rings. The second-order valence-electron chi connectivity index (χ2n) is 5.30. The zero-order chi connectivity index (χ0) is 15.2. The van der Waals surface area contributed by atoms with Gasteiger partial charge < -0.3 is 5.32 Å². The lowest BCUT2D eigenvalue weighted by molar-refractivity contribution is -0.141. The minimum absolute atomic E-state index is 0.0804. The molecule has 1 aliphatic rings. The summed E-state index contributed by atoms with van der Waals surface area (Å²) in [6.07, 6.45) is -1.67. The Morgan fingerprint density at radius 2 is 2.00 bits per heavy atom. The van der Waals surface area contributed by atoms with E-state index in [-0.39, 0.29) is 11.6 Å². The predicted octanol–water partition coefficient (Wildman–Crippen LogP) is 3.37. The first kappa shape index (κ1) is 13.9. The highest BCUT2D eigenvalue weighted by molar-refractivity contribution is 5.76. The molecule has 0 bridgehead atoms. The molecule has 21 heavy (non-hydrogen) atoms. The van der Waals surface area contributed by atoms with Crippen molar-refractivity contribution < 1.29 is 13.2 Å². The topological polar surface area (TPSA) is 42.7 Å². The highest BCUT2D eigenvalue weighted by Gasteiger charge is 2.33. The molecule has 0 radical (unpaired) electrons. The van der Waals surface area contributed by atoms with E-state index in [1.54, 1.807) is 4.57 Å². The van der Waals surface area contributed by atoms with E-state index in [0.717, 1.165) is 24.9 Å². The number of imidazole rings is 1.